The number of pyridine rings is 1. The Morgan fingerprint density at radius 3 is 2.73 bits per heavy atom. The van der Waals surface area contributed by atoms with Crippen LogP contribution in [-0.2, 0) is 4.74 Å². The van der Waals surface area contributed by atoms with Crippen LogP contribution in [0.25, 0.3) is 10.9 Å². The molecule has 1 fully saturated rings. The highest BCUT2D eigenvalue weighted by Crippen LogP contribution is 2.35. The first kappa shape index (κ1) is 19.8. The van der Waals surface area contributed by atoms with Crippen molar-refractivity contribution in [2.45, 2.75) is 18.9 Å². The maximum absolute atomic E-state index is 9.60. The standard InChI is InChI=1S/C23H23N3O4/c1-27-17-7-5-15-6-8-23(25-19(15)11-17)26-20-10-16(13-24)21(12-22(20)28-2)30-14-18-4-3-9-29-18/h5-8,10-12,18H,3-4,9,14H2,1-2H3,(H,25,26). The molecular weight excluding hydrogens is 382 g/mol. The summed E-state index contributed by atoms with van der Waals surface area (Å²) in [5, 5.41) is 13.9. The van der Waals surface area contributed by atoms with Crippen LogP contribution in [0.5, 0.6) is 17.2 Å². The van der Waals surface area contributed by atoms with Gasteiger partial charge in [-0.1, -0.05) is 0 Å². The molecule has 2 heterocycles. The SMILES string of the molecule is COc1ccc2ccc(Nc3cc(C#N)c(OCC4CCCO4)cc3OC)nc2c1. The fourth-order valence-electron chi connectivity index (χ4n) is 3.42. The van der Waals surface area contributed by atoms with E-state index in [-0.39, 0.29) is 6.10 Å². The number of aromatic nitrogens is 1. The van der Waals surface area contributed by atoms with E-state index in [9.17, 15) is 5.26 Å². The summed E-state index contributed by atoms with van der Waals surface area (Å²) in [4.78, 5) is 4.64. The molecule has 0 spiro atoms. The minimum Gasteiger partial charge on any atom is -0.497 e. The number of nitriles is 1. The van der Waals surface area contributed by atoms with Gasteiger partial charge in [0.15, 0.2) is 0 Å². The first-order valence-corrected chi connectivity index (χ1v) is 9.78. The number of hydrogen-bond acceptors (Lipinski definition) is 7. The van der Waals surface area contributed by atoms with Gasteiger partial charge in [0.05, 0.1) is 37.1 Å². The summed E-state index contributed by atoms with van der Waals surface area (Å²) in [7, 11) is 3.20. The summed E-state index contributed by atoms with van der Waals surface area (Å²) in [6.45, 7) is 1.18. The summed E-state index contributed by atoms with van der Waals surface area (Å²) < 4.78 is 22.3. The van der Waals surface area contributed by atoms with E-state index in [2.05, 4.69) is 16.4 Å². The Balaban J connectivity index is 1.60. The molecule has 7 nitrogen and oxygen atoms in total. The molecule has 2 aromatic carbocycles. The van der Waals surface area contributed by atoms with Gasteiger partial charge in [-0.15, -0.1) is 0 Å². The average molecular weight is 405 g/mol. The van der Waals surface area contributed by atoms with Crippen LogP contribution in [0, 0.1) is 11.3 Å². The highest BCUT2D eigenvalue weighted by atomic mass is 16.5. The predicted molar refractivity (Wildman–Crippen MR) is 114 cm³/mol. The predicted octanol–water partition coefficient (Wildman–Crippen LogP) is 4.43. The van der Waals surface area contributed by atoms with Crippen molar-refractivity contribution in [2.75, 3.05) is 32.8 Å². The van der Waals surface area contributed by atoms with Crippen LogP contribution in [0.2, 0.25) is 0 Å². The molecule has 0 radical (unpaired) electrons. The lowest BCUT2D eigenvalue weighted by Crippen LogP contribution is -2.16. The zero-order chi connectivity index (χ0) is 20.9. The van der Waals surface area contributed by atoms with Gasteiger partial charge < -0.3 is 24.3 Å². The van der Waals surface area contributed by atoms with Gasteiger partial charge in [0, 0.05) is 24.1 Å². The van der Waals surface area contributed by atoms with Crippen molar-refractivity contribution >= 4 is 22.4 Å². The molecule has 30 heavy (non-hydrogen) atoms. The van der Waals surface area contributed by atoms with Gasteiger partial charge in [-0.25, -0.2) is 4.98 Å². The smallest absolute Gasteiger partial charge is 0.146 e. The Bertz CT molecular complexity index is 1090. The van der Waals surface area contributed by atoms with Crippen LogP contribution in [0.15, 0.2) is 42.5 Å². The van der Waals surface area contributed by atoms with Crippen LogP contribution >= 0.6 is 0 Å². The minimum atomic E-state index is 0.0686. The van der Waals surface area contributed by atoms with E-state index < -0.39 is 0 Å². The molecule has 0 amide bonds. The Kier molecular flexibility index (Phi) is 5.87. The Morgan fingerprint density at radius 2 is 2.00 bits per heavy atom. The third-order valence-corrected chi connectivity index (χ3v) is 5.03. The van der Waals surface area contributed by atoms with Gasteiger partial charge in [-0.2, -0.15) is 5.26 Å². The monoisotopic (exact) mass is 405 g/mol. The number of anilines is 2. The zero-order valence-corrected chi connectivity index (χ0v) is 17.0. The van der Waals surface area contributed by atoms with Crippen LogP contribution in [-0.4, -0.2) is 38.5 Å². The third kappa shape index (κ3) is 4.24. The fraction of sp³-hybridized carbons (Fsp3) is 0.304. The van der Waals surface area contributed by atoms with Gasteiger partial charge in [0.25, 0.3) is 0 Å². The van der Waals surface area contributed by atoms with E-state index >= 15 is 0 Å². The fourth-order valence-corrected chi connectivity index (χ4v) is 3.42. The highest BCUT2D eigenvalue weighted by Gasteiger charge is 2.18. The van der Waals surface area contributed by atoms with Crippen molar-refractivity contribution in [1.82, 2.24) is 4.98 Å². The second-order valence-corrected chi connectivity index (χ2v) is 6.99. The molecule has 1 atom stereocenters. The van der Waals surface area contributed by atoms with Crippen molar-refractivity contribution in [3.05, 3.63) is 48.0 Å². The van der Waals surface area contributed by atoms with E-state index in [0.717, 1.165) is 36.1 Å². The molecule has 0 saturated carbocycles. The summed E-state index contributed by atoms with van der Waals surface area (Å²) in [6.07, 6.45) is 2.08. The largest absolute Gasteiger partial charge is 0.497 e. The molecule has 1 saturated heterocycles. The molecule has 0 bridgehead atoms. The van der Waals surface area contributed by atoms with E-state index in [1.165, 1.54) is 0 Å². The molecule has 1 aliphatic rings. The van der Waals surface area contributed by atoms with Gasteiger partial charge in [0.1, 0.15) is 35.7 Å². The molecule has 1 N–H and O–H groups in total. The molecule has 1 aliphatic heterocycles. The van der Waals surface area contributed by atoms with Crippen LogP contribution in [0.3, 0.4) is 0 Å². The summed E-state index contributed by atoms with van der Waals surface area (Å²) in [6, 6.07) is 15.2. The Labute approximate surface area is 175 Å². The third-order valence-electron chi connectivity index (χ3n) is 5.03. The molecule has 0 aliphatic carbocycles. The van der Waals surface area contributed by atoms with Gasteiger partial charge in [0.2, 0.25) is 0 Å². The van der Waals surface area contributed by atoms with Crippen molar-refractivity contribution < 1.29 is 18.9 Å². The Morgan fingerprint density at radius 1 is 1.13 bits per heavy atom. The number of fused-ring (bicyclic) bond motifs is 1. The van der Waals surface area contributed by atoms with Crippen LogP contribution in [0.4, 0.5) is 11.5 Å². The highest BCUT2D eigenvalue weighted by molar-refractivity contribution is 5.82. The number of ether oxygens (including phenoxy) is 4. The second kappa shape index (κ2) is 8.89. The Hall–Kier alpha value is -3.50. The molecule has 7 heteroatoms. The number of benzene rings is 2. The minimum absolute atomic E-state index is 0.0686. The summed E-state index contributed by atoms with van der Waals surface area (Å²) in [5.74, 6) is 2.41. The number of nitrogens with one attached hydrogen (secondary N) is 1. The van der Waals surface area contributed by atoms with Gasteiger partial charge in [-0.05, 0) is 43.2 Å². The quantitative estimate of drug-likeness (QED) is 0.622. The average Bonchev–Trinajstić information content (AvgIpc) is 3.31. The molecule has 3 aromatic rings. The van der Waals surface area contributed by atoms with Crippen molar-refractivity contribution in [3.63, 3.8) is 0 Å². The van der Waals surface area contributed by atoms with E-state index in [1.54, 1.807) is 26.4 Å². The van der Waals surface area contributed by atoms with Crippen LogP contribution in [0.1, 0.15) is 18.4 Å². The van der Waals surface area contributed by atoms with Gasteiger partial charge in [-0.3, -0.25) is 0 Å². The second-order valence-electron chi connectivity index (χ2n) is 6.99. The zero-order valence-electron chi connectivity index (χ0n) is 17.0. The first-order chi connectivity index (χ1) is 14.7. The number of rotatable bonds is 7. The lowest BCUT2D eigenvalue weighted by Gasteiger charge is -2.16. The number of methoxy groups -OCH3 is 2. The van der Waals surface area contributed by atoms with E-state index in [4.69, 9.17) is 18.9 Å². The molecule has 1 unspecified atom stereocenters. The van der Waals surface area contributed by atoms with E-state index in [0.29, 0.717) is 35.2 Å². The lowest BCUT2D eigenvalue weighted by molar-refractivity contribution is 0.0678. The summed E-state index contributed by atoms with van der Waals surface area (Å²) in [5.41, 5.74) is 1.85. The van der Waals surface area contributed by atoms with Crippen molar-refractivity contribution in [1.29, 1.82) is 5.26 Å². The topological polar surface area (TPSA) is 85.6 Å². The normalized spacial score (nSPS) is 15.6. The van der Waals surface area contributed by atoms with Crippen molar-refractivity contribution in [3.8, 4) is 23.3 Å². The van der Waals surface area contributed by atoms with E-state index in [1.807, 2.05) is 30.3 Å². The molecule has 4 rings (SSSR count). The molecule has 154 valence electrons. The number of nitrogens with zero attached hydrogens (tertiary/aromatic N) is 2. The first-order valence-electron chi connectivity index (χ1n) is 9.78. The van der Waals surface area contributed by atoms with Crippen molar-refractivity contribution in [2.24, 2.45) is 0 Å². The summed E-state index contributed by atoms with van der Waals surface area (Å²) >= 11 is 0. The molecule has 1 aromatic heterocycles. The lowest BCUT2D eigenvalue weighted by atomic mass is 10.1. The molecular formula is C23H23N3O4. The maximum atomic E-state index is 9.60. The van der Waals surface area contributed by atoms with Crippen LogP contribution < -0.4 is 19.5 Å². The van der Waals surface area contributed by atoms with Gasteiger partial charge >= 0.3 is 0 Å². The number of hydrogen-bond donors (Lipinski definition) is 1. The maximum Gasteiger partial charge on any atom is 0.146 e.